The van der Waals surface area contributed by atoms with E-state index in [1.165, 1.54) is 0 Å². The Labute approximate surface area is 64.9 Å². The van der Waals surface area contributed by atoms with Crippen LogP contribution in [0.2, 0.25) is 0 Å². The van der Waals surface area contributed by atoms with Crippen LogP contribution in [0.25, 0.3) is 0 Å². The molecule has 0 N–H and O–H groups in total. The number of hydrogen-bond donors (Lipinski definition) is 0. The van der Waals surface area contributed by atoms with Gasteiger partial charge in [0.05, 0.1) is 6.07 Å². The van der Waals surface area contributed by atoms with Crippen molar-refractivity contribution in [1.82, 2.24) is 0 Å². The zero-order valence-electron chi connectivity index (χ0n) is 5.72. The number of nitrogens with zero attached hydrogens (tertiary/aromatic N) is 1. The van der Waals surface area contributed by atoms with E-state index in [1.807, 2.05) is 0 Å². The van der Waals surface area contributed by atoms with E-state index in [-0.39, 0.29) is 11.2 Å². The topological polar surface area (TPSA) is 23.8 Å². The molecule has 0 saturated heterocycles. The first-order chi connectivity index (χ1) is 4.86. The van der Waals surface area contributed by atoms with Crippen LogP contribution in [0.5, 0.6) is 0 Å². The zero-order valence-corrected chi connectivity index (χ0v) is 6.53. The van der Waals surface area contributed by atoms with E-state index in [0.29, 0.717) is 12.1 Å². The van der Waals surface area contributed by atoms with Crippen molar-refractivity contribution in [3.8, 4) is 6.07 Å². The van der Waals surface area contributed by atoms with Gasteiger partial charge >= 0.3 is 0 Å². The first-order valence-electron chi connectivity index (χ1n) is 3.54. The smallest absolute Gasteiger partial charge is 0.0655 e. The second-order valence-electron chi connectivity index (χ2n) is 2.69. The molecule has 1 fully saturated rings. The van der Waals surface area contributed by atoms with Gasteiger partial charge in [0.15, 0.2) is 0 Å². The van der Waals surface area contributed by atoms with Crippen LogP contribution >= 0.6 is 12.1 Å². The maximum absolute atomic E-state index is 11.9. The van der Waals surface area contributed by atoms with Crippen LogP contribution in [0.15, 0.2) is 0 Å². The highest BCUT2D eigenvalue weighted by Crippen LogP contribution is 2.31. The molecule has 0 bridgehead atoms. The molecule has 0 aromatic carbocycles. The molecule has 1 rings (SSSR count). The molecule has 1 nitrogen and oxygen atoms in total. The Kier molecular flexibility index (Phi) is 3.01. The van der Waals surface area contributed by atoms with Crippen molar-refractivity contribution in [2.45, 2.75) is 30.9 Å². The lowest BCUT2D eigenvalue weighted by atomic mass is 9.90. The Morgan fingerprint density at radius 3 is 2.30 bits per heavy atom. The average molecular weight is 159 g/mol. The summed E-state index contributed by atoms with van der Waals surface area (Å²) < 4.78 is 11.9. The lowest BCUT2D eigenvalue weighted by molar-refractivity contribution is 0.433. The molecule has 10 heavy (non-hydrogen) atoms. The Morgan fingerprint density at radius 2 is 1.90 bits per heavy atom. The number of nitriles is 1. The number of hydrogen-bond acceptors (Lipinski definition) is 2. The van der Waals surface area contributed by atoms with Crippen LogP contribution in [0.3, 0.4) is 0 Å². The average Bonchev–Trinajstić information content (AvgIpc) is 2.05. The summed E-state index contributed by atoms with van der Waals surface area (Å²) in [6, 6.07) is 2.22. The predicted molar refractivity (Wildman–Crippen MR) is 40.1 cm³/mol. The molecular formula is C7H10FNS. The highest BCUT2D eigenvalue weighted by Gasteiger charge is 2.20. The summed E-state index contributed by atoms with van der Waals surface area (Å²) in [5, 5.41) is 8.67. The van der Waals surface area contributed by atoms with Gasteiger partial charge in [-0.3, -0.25) is 0 Å². The number of halogens is 1. The van der Waals surface area contributed by atoms with Crippen LogP contribution in [0, 0.1) is 17.2 Å². The van der Waals surface area contributed by atoms with Crippen molar-refractivity contribution in [2.24, 2.45) is 5.92 Å². The molecule has 1 saturated carbocycles. The monoisotopic (exact) mass is 159 g/mol. The third kappa shape index (κ3) is 1.88. The van der Waals surface area contributed by atoms with Crippen LogP contribution in [0.1, 0.15) is 25.7 Å². The maximum Gasteiger partial charge on any atom is 0.0655 e. The largest absolute Gasteiger partial charge is 0.198 e. The normalized spacial score (nSPS) is 33.2. The second-order valence-corrected chi connectivity index (χ2v) is 3.54. The Morgan fingerprint density at radius 1 is 1.30 bits per heavy atom. The molecule has 1 aliphatic carbocycles. The molecule has 3 heteroatoms. The lowest BCUT2D eigenvalue weighted by Crippen LogP contribution is -2.13. The number of rotatable bonds is 1. The van der Waals surface area contributed by atoms with Gasteiger partial charge in [0.2, 0.25) is 0 Å². The summed E-state index contributed by atoms with van der Waals surface area (Å²) >= 11 is 0.449. The maximum atomic E-state index is 11.9. The summed E-state index contributed by atoms with van der Waals surface area (Å²) in [5.41, 5.74) is 0. The van der Waals surface area contributed by atoms with Gasteiger partial charge in [0.25, 0.3) is 0 Å². The van der Waals surface area contributed by atoms with Crippen LogP contribution in [-0.4, -0.2) is 5.25 Å². The fourth-order valence-electron chi connectivity index (χ4n) is 1.28. The molecule has 0 amide bonds. The van der Waals surface area contributed by atoms with Crippen LogP contribution in [-0.2, 0) is 0 Å². The van der Waals surface area contributed by atoms with Crippen LogP contribution < -0.4 is 0 Å². The van der Waals surface area contributed by atoms with Crippen molar-refractivity contribution >= 4 is 12.1 Å². The van der Waals surface area contributed by atoms with Crippen molar-refractivity contribution < 1.29 is 3.89 Å². The van der Waals surface area contributed by atoms with E-state index in [1.54, 1.807) is 0 Å². The van der Waals surface area contributed by atoms with E-state index in [4.69, 9.17) is 5.26 Å². The van der Waals surface area contributed by atoms with Crippen molar-refractivity contribution in [2.75, 3.05) is 0 Å². The first kappa shape index (κ1) is 7.87. The lowest BCUT2D eigenvalue weighted by Gasteiger charge is -2.20. The highest BCUT2D eigenvalue weighted by molar-refractivity contribution is 7.94. The van der Waals surface area contributed by atoms with Crippen molar-refractivity contribution in [1.29, 1.82) is 5.26 Å². The van der Waals surface area contributed by atoms with E-state index in [2.05, 4.69) is 6.07 Å². The van der Waals surface area contributed by atoms with E-state index in [9.17, 15) is 3.89 Å². The second kappa shape index (κ2) is 3.82. The summed E-state index contributed by atoms with van der Waals surface area (Å²) in [5.74, 6) is 0.198. The molecule has 56 valence electrons. The summed E-state index contributed by atoms with van der Waals surface area (Å²) in [4.78, 5) is 0. The van der Waals surface area contributed by atoms with Gasteiger partial charge < -0.3 is 0 Å². The Bertz CT molecular complexity index is 135. The fraction of sp³-hybridized carbons (Fsp3) is 0.857. The van der Waals surface area contributed by atoms with Gasteiger partial charge in [0.1, 0.15) is 0 Å². The molecule has 0 spiro atoms. The Balaban J connectivity index is 2.25. The van der Waals surface area contributed by atoms with Crippen LogP contribution in [0.4, 0.5) is 3.89 Å². The van der Waals surface area contributed by atoms with E-state index >= 15 is 0 Å². The minimum Gasteiger partial charge on any atom is -0.198 e. The molecular weight excluding hydrogens is 149 g/mol. The van der Waals surface area contributed by atoms with Gasteiger partial charge in [0, 0.05) is 23.3 Å². The fourth-order valence-corrected chi connectivity index (χ4v) is 1.73. The minimum absolute atomic E-state index is 0.171. The molecule has 1 aliphatic rings. The Hall–Kier alpha value is -0.230. The SMILES string of the molecule is N#CC1CCC(SF)CC1. The molecule has 0 unspecified atom stereocenters. The molecule has 0 atom stereocenters. The third-order valence-electron chi connectivity index (χ3n) is 1.98. The van der Waals surface area contributed by atoms with E-state index < -0.39 is 0 Å². The van der Waals surface area contributed by atoms with Gasteiger partial charge in [-0.2, -0.15) is 9.15 Å². The first-order valence-corrected chi connectivity index (χ1v) is 4.32. The molecule has 0 aromatic rings. The zero-order chi connectivity index (χ0) is 7.40. The quantitative estimate of drug-likeness (QED) is 0.587. The molecule has 0 radical (unpaired) electrons. The van der Waals surface area contributed by atoms with Crippen molar-refractivity contribution in [3.05, 3.63) is 0 Å². The third-order valence-corrected chi connectivity index (χ3v) is 2.71. The molecule has 0 heterocycles. The van der Waals surface area contributed by atoms with E-state index in [0.717, 1.165) is 25.7 Å². The van der Waals surface area contributed by atoms with Gasteiger partial charge in [-0.15, -0.1) is 0 Å². The summed E-state index contributed by atoms with van der Waals surface area (Å²) in [7, 11) is 0. The van der Waals surface area contributed by atoms with Gasteiger partial charge in [-0.1, -0.05) is 0 Å². The predicted octanol–water partition coefficient (Wildman–Crippen LogP) is 2.69. The van der Waals surface area contributed by atoms with Gasteiger partial charge in [-0.05, 0) is 25.7 Å². The summed E-state index contributed by atoms with van der Waals surface area (Å²) in [6.45, 7) is 0. The van der Waals surface area contributed by atoms with Gasteiger partial charge in [-0.25, -0.2) is 0 Å². The van der Waals surface area contributed by atoms with Crippen molar-refractivity contribution in [3.63, 3.8) is 0 Å². The molecule has 0 aromatic heterocycles. The molecule has 0 aliphatic heterocycles. The summed E-state index contributed by atoms with van der Waals surface area (Å²) in [6.07, 6.45) is 3.52. The standard InChI is InChI=1S/C7H10FNS/c8-10-7-3-1-6(5-9)2-4-7/h6-7H,1-4H2. The highest BCUT2D eigenvalue weighted by atomic mass is 32.2. The minimum atomic E-state index is 0.171.